The SMILES string of the molecule is CCC[C@@H](C(=O)Nc1cccc(C)c1)n1c(Cc2c(Cl)cccc2Cl)nc2ccccc21. The average molecular weight is 466 g/mol. The van der Waals surface area contributed by atoms with Gasteiger partial charge in [-0.25, -0.2) is 4.98 Å². The van der Waals surface area contributed by atoms with Crippen LogP contribution in [0.3, 0.4) is 0 Å². The van der Waals surface area contributed by atoms with Crippen LogP contribution in [0.5, 0.6) is 0 Å². The summed E-state index contributed by atoms with van der Waals surface area (Å²) >= 11 is 12.9. The van der Waals surface area contributed by atoms with Gasteiger partial charge in [-0.2, -0.15) is 0 Å². The minimum atomic E-state index is -0.413. The van der Waals surface area contributed by atoms with Crippen molar-refractivity contribution >= 4 is 45.8 Å². The number of carbonyl (C=O) groups excluding carboxylic acids is 1. The van der Waals surface area contributed by atoms with Crippen molar-refractivity contribution in [3.05, 3.63) is 93.7 Å². The molecule has 1 atom stereocenters. The highest BCUT2D eigenvalue weighted by Gasteiger charge is 2.26. The van der Waals surface area contributed by atoms with E-state index in [0.29, 0.717) is 22.9 Å². The normalized spacial score (nSPS) is 12.1. The fraction of sp³-hybridized carbons (Fsp3) is 0.231. The van der Waals surface area contributed by atoms with Gasteiger partial charge < -0.3 is 9.88 Å². The number of para-hydroxylation sites is 2. The molecule has 0 aliphatic heterocycles. The van der Waals surface area contributed by atoms with Crippen LogP contribution in [0.4, 0.5) is 5.69 Å². The van der Waals surface area contributed by atoms with Gasteiger partial charge in [0.15, 0.2) is 0 Å². The molecular formula is C26H25Cl2N3O. The van der Waals surface area contributed by atoms with Crippen LogP contribution in [0.25, 0.3) is 11.0 Å². The van der Waals surface area contributed by atoms with Crippen molar-refractivity contribution < 1.29 is 4.79 Å². The number of fused-ring (bicyclic) bond motifs is 1. The summed E-state index contributed by atoms with van der Waals surface area (Å²) in [6, 6.07) is 20.8. The molecule has 0 radical (unpaired) electrons. The van der Waals surface area contributed by atoms with Crippen molar-refractivity contribution in [2.75, 3.05) is 5.32 Å². The Labute approximate surface area is 198 Å². The maximum atomic E-state index is 13.5. The minimum Gasteiger partial charge on any atom is -0.324 e. The third-order valence-corrected chi connectivity index (χ3v) is 6.24. The van der Waals surface area contributed by atoms with E-state index in [1.54, 1.807) is 0 Å². The second-order valence-corrected chi connectivity index (χ2v) is 8.74. The van der Waals surface area contributed by atoms with E-state index < -0.39 is 6.04 Å². The van der Waals surface area contributed by atoms with E-state index in [0.717, 1.165) is 40.1 Å². The number of aryl methyl sites for hydroxylation is 1. The monoisotopic (exact) mass is 465 g/mol. The predicted molar refractivity (Wildman–Crippen MR) is 133 cm³/mol. The van der Waals surface area contributed by atoms with E-state index in [1.807, 2.05) is 78.2 Å². The molecule has 0 saturated carbocycles. The number of rotatable bonds is 7. The highest BCUT2D eigenvalue weighted by atomic mass is 35.5. The van der Waals surface area contributed by atoms with E-state index in [4.69, 9.17) is 28.2 Å². The van der Waals surface area contributed by atoms with Gasteiger partial charge in [-0.05, 0) is 60.9 Å². The van der Waals surface area contributed by atoms with Gasteiger partial charge in [-0.15, -0.1) is 0 Å². The summed E-state index contributed by atoms with van der Waals surface area (Å²) in [5.74, 6) is 0.700. The zero-order valence-electron chi connectivity index (χ0n) is 18.1. The molecule has 1 aromatic heterocycles. The summed E-state index contributed by atoms with van der Waals surface area (Å²) in [5, 5.41) is 4.28. The van der Waals surface area contributed by atoms with Crippen molar-refractivity contribution in [2.24, 2.45) is 0 Å². The molecular weight excluding hydrogens is 441 g/mol. The lowest BCUT2D eigenvalue weighted by Gasteiger charge is -2.21. The van der Waals surface area contributed by atoms with Crippen molar-refractivity contribution in [1.82, 2.24) is 9.55 Å². The highest BCUT2D eigenvalue weighted by molar-refractivity contribution is 6.36. The number of nitrogens with zero attached hydrogens (tertiary/aromatic N) is 2. The first-order valence-corrected chi connectivity index (χ1v) is 11.5. The lowest BCUT2D eigenvalue weighted by molar-refractivity contribution is -0.119. The zero-order valence-corrected chi connectivity index (χ0v) is 19.6. The molecule has 164 valence electrons. The number of aromatic nitrogens is 2. The van der Waals surface area contributed by atoms with Gasteiger partial charge in [0, 0.05) is 22.2 Å². The molecule has 6 heteroatoms. The Bertz CT molecular complexity index is 1240. The second kappa shape index (κ2) is 9.76. The Balaban J connectivity index is 1.79. The fourth-order valence-corrected chi connectivity index (χ4v) is 4.56. The molecule has 0 unspecified atom stereocenters. The van der Waals surface area contributed by atoms with Crippen LogP contribution in [0.15, 0.2) is 66.7 Å². The van der Waals surface area contributed by atoms with E-state index >= 15 is 0 Å². The van der Waals surface area contributed by atoms with Gasteiger partial charge >= 0.3 is 0 Å². The van der Waals surface area contributed by atoms with Crippen LogP contribution in [0.1, 0.15) is 42.8 Å². The number of halogens is 2. The molecule has 0 aliphatic rings. The van der Waals surface area contributed by atoms with Crippen molar-refractivity contribution in [3.8, 4) is 0 Å². The lowest BCUT2D eigenvalue weighted by Crippen LogP contribution is -2.27. The Morgan fingerprint density at radius 1 is 1.03 bits per heavy atom. The molecule has 0 spiro atoms. The third-order valence-electron chi connectivity index (χ3n) is 5.53. The molecule has 4 rings (SSSR count). The molecule has 1 heterocycles. The molecule has 32 heavy (non-hydrogen) atoms. The summed E-state index contributed by atoms with van der Waals surface area (Å²) in [7, 11) is 0. The van der Waals surface area contributed by atoms with Crippen LogP contribution >= 0.6 is 23.2 Å². The van der Waals surface area contributed by atoms with Gasteiger partial charge in [0.1, 0.15) is 11.9 Å². The standard InChI is InChI=1S/C26H25Cl2N3O/c1-3-8-24(26(32)29-18-10-6-9-17(2)15-18)31-23-14-5-4-13-22(23)30-25(31)16-19-20(27)11-7-12-21(19)28/h4-7,9-15,24H,3,8,16H2,1-2H3,(H,29,32)/t24-/m0/s1. The quantitative estimate of drug-likeness (QED) is 0.313. The van der Waals surface area contributed by atoms with E-state index in [2.05, 4.69) is 12.2 Å². The molecule has 0 bridgehead atoms. The second-order valence-electron chi connectivity index (χ2n) is 7.93. The maximum absolute atomic E-state index is 13.5. The van der Waals surface area contributed by atoms with Crippen LogP contribution in [0, 0.1) is 6.92 Å². The first-order valence-electron chi connectivity index (χ1n) is 10.7. The first-order chi connectivity index (χ1) is 15.5. The number of anilines is 1. The number of benzene rings is 3. The van der Waals surface area contributed by atoms with Crippen LogP contribution in [-0.4, -0.2) is 15.5 Å². The minimum absolute atomic E-state index is 0.0629. The zero-order chi connectivity index (χ0) is 22.7. The van der Waals surface area contributed by atoms with Crippen LogP contribution in [-0.2, 0) is 11.2 Å². The number of hydrogen-bond donors (Lipinski definition) is 1. The van der Waals surface area contributed by atoms with Gasteiger partial charge in [-0.3, -0.25) is 4.79 Å². The lowest BCUT2D eigenvalue weighted by atomic mass is 10.1. The van der Waals surface area contributed by atoms with Crippen molar-refractivity contribution in [2.45, 2.75) is 39.2 Å². The molecule has 4 aromatic rings. The number of amides is 1. The fourth-order valence-electron chi connectivity index (χ4n) is 4.03. The number of imidazole rings is 1. The van der Waals surface area contributed by atoms with E-state index in [1.165, 1.54) is 0 Å². The average Bonchev–Trinajstić information content (AvgIpc) is 3.12. The Morgan fingerprint density at radius 2 is 1.75 bits per heavy atom. The number of hydrogen-bond acceptors (Lipinski definition) is 2. The van der Waals surface area contributed by atoms with Crippen LogP contribution < -0.4 is 5.32 Å². The molecule has 0 aliphatic carbocycles. The molecule has 0 fully saturated rings. The van der Waals surface area contributed by atoms with E-state index in [9.17, 15) is 4.79 Å². The van der Waals surface area contributed by atoms with Gasteiger partial charge in [0.25, 0.3) is 0 Å². The van der Waals surface area contributed by atoms with Crippen molar-refractivity contribution in [1.29, 1.82) is 0 Å². The topological polar surface area (TPSA) is 46.9 Å². The molecule has 4 nitrogen and oxygen atoms in total. The van der Waals surface area contributed by atoms with Gasteiger partial charge in [0.2, 0.25) is 5.91 Å². The molecule has 3 aromatic carbocycles. The molecule has 1 N–H and O–H groups in total. The van der Waals surface area contributed by atoms with E-state index in [-0.39, 0.29) is 5.91 Å². The third kappa shape index (κ3) is 4.67. The summed E-state index contributed by atoms with van der Waals surface area (Å²) in [6.45, 7) is 4.09. The Hall–Kier alpha value is -2.82. The summed E-state index contributed by atoms with van der Waals surface area (Å²) in [6.07, 6.45) is 1.97. The first kappa shape index (κ1) is 22.4. The maximum Gasteiger partial charge on any atom is 0.247 e. The summed E-state index contributed by atoms with van der Waals surface area (Å²) in [5.41, 5.74) is 4.45. The molecule has 0 saturated heterocycles. The Morgan fingerprint density at radius 3 is 2.47 bits per heavy atom. The predicted octanol–water partition coefficient (Wildman–Crippen LogP) is 7.22. The molecule has 1 amide bonds. The summed E-state index contributed by atoms with van der Waals surface area (Å²) < 4.78 is 2.05. The largest absolute Gasteiger partial charge is 0.324 e. The van der Waals surface area contributed by atoms with Gasteiger partial charge in [-0.1, -0.05) is 66.9 Å². The highest BCUT2D eigenvalue weighted by Crippen LogP contribution is 2.31. The van der Waals surface area contributed by atoms with Crippen LogP contribution in [0.2, 0.25) is 10.0 Å². The van der Waals surface area contributed by atoms with Crippen molar-refractivity contribution in [3.63, 3.8) is 0 Å². The smallest absolute Gasteiger partial charge is 0.247 e. The Kier molecular flexibility index (Phi) is 6.83. The van der Waals surface area contributed by atoms with Gasteiger partial charge in [0.05, 0.1) is 11.0 Å². The number of carbonyl (C=O) groups is 1. The summed E-state index contributed by atoms with van der Waals surface area (Å²) in [4.78, 5) is 18.3. The number of nitrogens with one attached hydrogen (secondary N) is 1.